The third-order valence-electron chi connectivity index (χ3n) is 6.40. The summed E-state index contributed by atoms with van der Waals surface area (Å²) in [5.41, 5.74) is 12.0. The first-order chi connectivity index (χ1) is 16.0. The number of likely N-dealkylation sites (N-methyl/N-ethyl adjacent to an activating group) is 1. The number of hydrazine groups is 1. The van der Waals surface area contributed by atoms with E-state index >= 15 is 0 Å². The number of nitrogens with zero attached hydrogens (tertiary/aromatic N) is 2. The lowest BCUT2D eigenvalue weighted by Gasteiger charge is -2.24. The molecule has 1 aromatic carbocycles. The number of nitrogens with one attached hydrogen (secondary N) is 3. The Morgan fingerprint density at radius 3 is 2.79 bits per heavy atom. The third kappa shape index (κ3) is 6.12. The predicted octanol–water partition coefficient (Wildman–Crippen LogP) is 2.98. The third-order valence-corrected chi connectivity index (χ3v) is 6.62. The molecule has 0 spiro atoms. The minimum Gasteiger partial charge on any atom is -0.387 e. The van der Waals surface area contributed by atoms with Crippen molar-refractivity contribution in [3.63, 3.8) is 0 Å². The first-order valence-electron chi connectivity index (χ1n) is 11.6. The molecule has 0 fully saturated rings. The minimum atomic E-state index is -0.629. The molecule has 1 amide bonds. The van der Waals surface area contributed by atoms with Gasteiger partial charge in [-0.25, -0.2) is 10.4 Å². The molecule has 176 valence electrons. The number of benzene rings is 1. The summed E-state index contributed by atoms with van der Waals surface area (Å²) in [5.74, 6) is 0.0334. The molecule has 0 bridgehead atoms. The van der Waals surface area contributed by atoms with E-state index in [-0.39, 0.29) is 11.9 Å². The van der Waals surface area contributed by atoms with Gasteiger partial charge in [-0.05, 0) is 68.0 Å². The summed E-state index contributed by atoms with van der Waals surface area (Å²) in [6, 6.07) is 11.4. The van der Waals surface area contributed by atoms with Crippen LogP contribution in [0.15, 0.2) is 53.9 Å². The number of carbonyl (C=O) groups excluding carboxylic acids is 1. The van der Waals surface area contributed by atoms with E-state index in [1.807, 2.05) is 31.3 Å². The van der Waals surface area contributed by atoms with Gasteiger partial charge in [0.15, 0.2) is 0 Å². The Labute approximate surface area is 200 Å². The van der Waals surface area contributed by atoms with E-state index in [0.29, 0.717) is 23.8 Å². The van der Waals surface area contributed by atoms with Crippen molar-refractivity contribution in [2.24, 2.45) is 0 Å². The van der Waals surface area contributed by atoms with Gasteiger partial charge in [-0.15, -0.1) is 0 Å². The van der Waals surface area contributed by atoms with E-state index in [1.54, 1.807) is 23.2 Å². The first kappa shape index (κ1) is 23.7. The van der Waals surface area contributed by atoms with Crippen molar-refractivity contribution in [2.45, 2.75) is 44.2 Å². The van der Waals surface area contributed by atoms with Crippen LogP contribution in [0.1, 0.15) is 53.3 Å². The summed E-state index contributed by atoms with van der Waals surface area (Å²) < 4.78 is 0. The topological polar surface area (TPSA) is 89.5 Å². The van der Waals surface area contributed by atoms with Gasteiger partial charge in [0, 0.05) is 43.2 Å². The number of hydrogen-bond donors (Lipinski definition) is 4. The van der Waals surface area contributed by atoms with Gasteiger partial charge >= 0.3 is 0 Å². The highest BCUT2D eigenvalue weighted by molar-refractivity contribution is 6.29. The van der Waals surface area contributed by atoms with E-state index in [0.717, 1.165) is 36.9 Å². The van der Waals surface area contributed by atoms with Crippen LogP contribution in [0.4, 0.5) is 0 Å². The fraction of sp³-hybridized carbons (Fsp3) is 0.440. The zero-order valence-corrected chi connectivity index (χ0v) is 19.7. The van der Waals surface area contributed by atoms with Crippen LogP contribution in [0.2, 0.25) is 5.15 Å². The Morgan fingerprint density at radius 2 is 2.03 bits per heavy atom. The average Bonchev–Trinajstić information content (AvgIpc) is 3.25. The number of allylic oxidation sites excluding steroid dienone is 1. The van der Waals surface area contributed by atoms with Crippen LogP contribution in [0, 0.1) is 0 Å². The number of aliphatic hydroxyl groups excluding tert-OH is 1. The van der Waals surface area contributed by atoms with E-state index in [2.05, 4.69) is 21.2 Å². The molecule has 0 radical (unpaired) electrons. The first-order valence-corrected chi connectivity index (χ1v) is 12.0. The number of carbonyl (C=O) groups is 1. The highest BCUT2D eigenvalue weighted by Gasteiger charge is 2.28. The van der Waals surface area contributed by atoms with Crippen molar-refractivity contribution >= 4 is 17.5 Å². The van der Waals surface area contributed by atoms with Gasteiger partial charge in [0.25, 0.3) is 5.91 Å². The SMILES string of the molecule is CN(CC1NNC2=C1CCCC2)C(=O)c1ccc(CCNC[C@H](O)c2ccc(Cl)nc2)cc1. The Morgan fingerprint density at radius 1 is 1.24 bits per heavy atom. The molecule has 2 heterocycles. The number of halogens is 1. The van der Waals surface area contributed by atoms with Crippen LogP contribution in [-0.4, -0.2) is 53.6 Å². The highest BCUT2D eigenvalue weighted by Crippen LogP contribution is 2.28. The number of aliphatic hydroxyl groups is 1. The van der Waals surface area contributed by atoms with Crippen LogP contribution >= 0.6 is 11.6 Å². The Balaban J connectivity index is 1.22. The lowest BCUT2D eigenvalue weighted by Crippen LogP contribution is -2.43. The molecule has 1 unspecified atom stereocenters. The number of pyridine rings is 1. The number of hydrogen-bond acceptors (Lipinski definition) is 6. The quantitative estimate of drug-likeness (QED) is 0.333. The summed E-state index contributed by atoms with van der Waals surface area (Å²) in [6.07, 6.45) is 6.44. The predicted molar refractivity (Wildman–Crippen MR) is 130 cm³/mol. The molecule has 2 aromatic rings. The smallest absolute Gasteiger partial charge is 0.253 e. The number of rotatable bonds is 9. The Bertz CT molecular complexity index is 977. The van der Waals surface area contributed by atoms with Crippen molar-refractivity contribution < 1.29 is 9.90 Å². The van der Waals surface area contributed by atoms with Crippen LogP contribution in [-0.2, 0) is 6.42 Å². The molecule has 33 heavy (non-hydrogen) atoms. The molecule has 1 aliphatic heterocycles. The van der Waals surface area contributed by atoms with Gasteiger partial charge in [-0.3, -0.25) is 4.79 Å². The van der Waals surface area contributed by atoms with E-state index < -0.39 is 6.10 Å². The Hall–Kier alpha value is -2.45. The van der Waals surface area contributed by atoms with Crippen molar-refractivity contribution in [2.75, 3.05) is 26.7 Å². The van der Waals surface area contributed by atoms with Gasteiger partial charge in [0.2, 0.25) is 0 Å². The molecule has 7 nitrogen and oxygen atoms in total. The fourth-order valence-corrected chi connectivity index (χ4v) is 4.55. The maximum absolute atomic E-state index is 12.9. The highest BCUT2D eigenvalue weighted by atomic mass is 35.5. The van der Waals surface area contributed by atoms with Gasteiger partial charge in [-0.2, -0.15) is 0 Å². The standard InChI is InChI=1S/C25H32ClN5O2/c1-31(16-22-20-4-2-3-5-21(20)29-30-22)25(33)18-8-6-17(7-9-18)12-13-27-15-23(32)19-10-11-24(26)28-14-19/h6-11,14,22-23,27,29-30,32H,2-5,12-13,15-16H2,1H3/t22?,23-/m0/s1. The normalized spacial score (nSPS) is 18.6. The second-order valence-corrected chi connectivity index (χ2v) is 9.19. The zero-order valence-electron chi connectivity index (χ0n) is 19.0. The molecule has 4 rings (SSSR count). The molecule has 1 aliphatic carbocycles. The second-order valence-electron chi connectivity index (χ2n) is 8.80. The van der Waals surface area contributed by atoms with Gasteiger partial charge < -0.3 is 20.7 Å². The van der Waals surface area contributed by atoms with Crippen LogP contribution in [0.3, 0.4) is 0 Å². The maximum atomic E-state index is 12.9. The number of amides is 1. The van der Waals surface area contributed by atoms with Crippen LogP contribution in [0.5, 0.6) is 0 Å². The zero-order chi connectivity index (χ0) is 23.2. The fourth-order valence-electron chi connectivity index (χ4n) is 4.44. The minimum absolute atomic E-state index is 0.0334. The molecule has 2 aliphatic rings. The van der Waals surface area contributed by atoms with Gasteiger partial charge in [-0.1, -0.05) is 29.8 Å². The van der Waals surface area contributed by atoms with Crippen LogP contribution < -0.4 is 16.2 Å². The van der Waals surface area contributed by atoms with Crippen molar-refractivity contribution in [1.82, 2.24) is 26.1 Å². The molecular formula is C25H32ClN5O2. The second kappa shape index (κ2) is 11.1. The summed E-state index contributed by atoms with van der Waals surface area (Å²) >= 11 is 5.78. The van der Waals surface area contributed by atoms with E-state index in [1.165, 1.54) is 24.1 Å². The van der Waals surface area contributed by atoms with Crippen molar-refractivity contribution in [3.05, 3.63) is 75.7 Å². The average molecular weight is 470 g/mol. The summed E-state index contributed by atoms with van der Waals surface area (Å²) in [4.78, 5) is 18.7. The molecule has 2 atom stereocenters. The molecular weight excluding hydrogens is 438 g/mol. The number of aromatic nitrogens is 1. The lowest BCUT2D eigenvalue weighted by molar-refractivity contribution is 0.0786. The molecule has 1 aromatic heterocycles. The molecule has 0 saturated heterocycles. The van der Waals surface area contributed by atoms with E-state index in [4.69, 9.17) is 11.6 Å². The summed E-state index contributed by atoms with van der Waals surface area (Å²) in [6.45, 7) is 1.82. The van der Waals surface area contributed by atoms with Crippen LogP contribution in [0.25, 0.3) is 0 Å². The molecule has 4 N–H and O–H groups in total. The van der Waals surface area contributed by atoms with Gasteiger partial charge in [0.1, 0.15) is 5.15 Å². The summed E-state index contributed by atoms with van der Waals surface area (Å²) in [7, 11) is 1.87. The maximum Gasteiger partial charge on any atom is 0.253 e. The van der Waals surface area contributed by atoms with Crippen molar-refractivity contribution in [1.29, 1.82) is 0 Å². The van der Waals surface area contributed by atoms with Gasteiger partial charge in [0.05, 0.1) is 12.1 Å². The molecule has 0 saturated carbocycles. The Kier molecular flexibility index (Phi) is 7.98. The largest absolute Gasteiger partial charge is 0.387 e. The van der Waals surface area contributed by atoms with Crippen molar-refractivity contribution in [3.8, 4) is 0 Å². The van der Waals surface area contributed by atoms with E-state index in [9.17, 15) is 9.90 Å². The monoisotopic (exact) mass is 469 g/mol. The summed E-state index contributed by atoms with van der Waals surface area (Å²) in [5, 5.41) is 13.9. The molecule has 8 heteroatoms. The lowest BCUT2D eigenvalue weighted by atomic mass is 9.92.